The van der Waals surface area contributed by atoms with E-state index in [4.69, 9.17) is 16.7 Å². The Bertz CT molecular complexity index is 1500. The average Bonchev–Trinajstić information content (AvgIpc) is 3.30. The van der Waals surface area contributed by atoms with Gasteiger partial charge in [-0.1, -0.05) is 76.9 Å². The highest BCUT2D eigenvalue weighted by Crippen LogP contribution is 2.35. The lowest BCUT2D eigenvalue weighted by molar-refractivity contribution is -0.132. The van der Waals surface area contributed by atoms with Gasteiger partial charge in [0.2, 0.25) is 5.91 Å². The van der Waals surface area contributed by atoms with Crippen molar-refractivity contribution in [2.75, 3.05) is 0 Å². The van der Waals surface area contributed by atoms with Gasteiger partial charge in [0, 0.05) is 33.2 Å². The number of rotatable bonds is 5. The number of aromatic amines is 1. The van der Waals surface area contributed by atoms with Crippen LogP contribution in [0.4, 0.5) is 0 Å². The molecule has 0 radical (unpaired) electrons. The quantitative estimate of drug-likeness (QED) is 0.304. The standard InChI is InChI=1S/C28H23BrClN3O2/c1-2-26(34)33-25(18-8-10-19(29)11-9-18)16-24(32-33)27-22(14-17-6-4-3-5-7-17)21-15-20(30)12-13-23(21)31-28(27)35/h3-13,15,25H,2,14,16H2,1H3,(H,31,35). The molecule has 0 saturated heterocycles. The van der Waals surface area contributed by atoms with Gasteiger partial charge in [-0.25, -0.2) is 5.01 Å². The van der Waals surface area contributed by atoms with Crippen LogP contribution < -0.4 is 5.56 Å². The van der Waals surface area contributed by atoms with Gasteiger partial charge in [-0.2, -0.15) is 5.10 Å². The molecule has 1 aliphatic rings. The van der Waals surface area contributed by atoms with Crippen molar-refractivity contribution in [1.82, 2.24) is 9.99 Å². The van der Waals surface area contributed by atoms with Crippen LogP contribution in [0.15, 0.2) is 87.2 Å². The number of halogens is 2. The van der Waals surface area contributed by atoms with Gasteiger partial charge in [0.05, 0.1) is 17.3 Å². The molecular formula is C28H23BrClN3O2. The number of amides is 1. The number of fused-ring (bicyclic) bond motifs is 1. The summed E-state index contributed by atoms with van der Waals surface area (Å²) in [5, 5.41) is 7.74. The van der Waals surface area contributed by atoms with Crippen molar-refractivity contribution in [3.63, 3.8) is 0 Å². The summed E-state index contributed by atoms with van der Waals surface area (Å²) in [4.78, 5) is 29.3. The molecule has 4 aromatic rings. The molecule has 0 fully saturated rings. The van der Waals surface area contributed by atoms with E-state index in [0.29, 0.717) is 35.6 Å². The van der Waals surface area contributed by atoms with Gasteiger partial charge in [0.15, 0.2) is 0 Å². The van der Waals surface area contributed by atoms with Crippen molar-refractivity contribution >= 4 is 50.1 Å². The number of pyridine rings is 1. The number of nitrogens with zero attached hydrogens (tertiary/aromatic N) is 2. The van der Waals surface area contributed by atoms with E-state index in [1.54, 1.807) is 6.07 Å². The Hall–Kier alpha value is -3.22. The van der Waals surface area contributed by atoms with E-state index >= 15 is 0 Å². The van der Waals surface area contributed by atoms with E-state index in [1.807, 2.05) is 73.7 Å². The SMILES string of the molecule is CCC(=O)N1N=C(c2c(Cc3ccccc3)c3cc(Cl)ccc3[nH]c2=O)CC1c1ccc(Br)cc1. The molecule has 176 valence electrons. The summed E-state index contributed by atoms with van der Waals surface area (Å²) in [6.07, 6.45) is 1.31. The molecule has 5 rings (SSSR count). The summed E-state index contributed by atoms with van der Waals surface area (Å²) in [6, 6.07) is 23.1. The second kappa shape index (κ2) is 9.80. The summed E-state index contributed by atoms with van der Waals surface area (Å²) in [7, 11) is 0. The topological polar surface area (TPSA) is 65.5 Å². The highest BCUT2D eigenvalue weighted by molar-refractivity contribution is 9.10. The van der Waals surface area contributed by atoms with E-state index in [0.717, 1.165) is 32.1 Å². The van der Waals surface area contributed by atoms with Crippen LogP contribution in [-0.2, 0) is 11.2 Å². The van der Waals surface area contributed by atoms with Crippen LogP contribution in [0, 0.1) is 0 Å². The molecule has 0 aliphatic carbocycles. The molecule has 35 heavy (non-hydrogen) atoms. The normalized spacial score (nSPS) is 15.5. The molecule has 3 aromatic carbocycles. The highest BCUT2D eigenvalue weighted by atomic mass is 79.9. The number of hydrogen-bond acceptors (Lipinski definition) is 3. The van der Waals surface area contributed by atoms with Gasteiger partial charge in [0.1, 0.15) is 0 Å². The van der Waals surface area contributed by atoms with Gasteiger partial charge in [0.25, 0.3) is 5.56 Å². The van der Waals surface area contributed by atoms with Gasteiger partial charge in [-0.15, -0.1) is 0 Å². The zero-order chi connectivity index (χ0) is 24.5. The Morgan fingerprint density at radius 2 is 1.86 bits per heavy atom. The van der Waals surface area contributed by atoms with Gasteiger partial charge < -0.3 is 4.98 Å². The maximum Gasteiger partial charge on any atom is 0.257 e. The van der Waals surface area contributed by atoms with Gasteiger partial charge in [-0.05, 0) is 53.4 Å². The molecule has 1 aromatic heterocycles. The number of H-pyrrole nitrogens is 1. The first-order valence-corrected chi connectivity index (χ1v) is 12.7. The molecule has 0 saturated carbocycles. The van der Waals surface area contributed by atoms with Crippen LogP contribution in [-0.4, -0.2) is 21.6 Å². The molecule has 7 heteroatoms. The lowest BCUT2D eigenvalue weighted by Crippen LogP contribution is -2.26. The largest absolute Gasteiger partial charge is 0.321 e. The Kier molecular flexibility index (Phi) is 6.58. The minimum Gasteiger partial charge on any atom is -0.321 e. The molecule has 1 aliphatic heterocycles. The second-order valence-electron chi connectivity index (χ2n) is 8.57. The molecule has 5 nitrogen and oxygen atoms in total. The highest BCUT2D eigenvalue weighted by Gasteiger charge is 2.34. The first-order valence-electron chi connectivity index (χ1n) is 11.5. The molecule has 0 spiro atoms. The maximum absolute atomic E-state index is 13.5. The predicted molar refractivity (Wildman–Crippen MR) is 144 cm³/mol. The molecule has 1 unspecified atom stereocenters. The van der Waals surface area contributed by atoms with Crippen LogP contribution in [0.2, 0.25) is 5.02 Å². The molecule has 1 amide bonds. The summed E-state index contributed by atoms with van der Waals surface area (Å²) in [6.45, 7) is 1.82. The second-order valence-corrected chi connectivity index (χ2v) is 9.92. The fraction of sp³-hybridized carbons (Fsp3) is 0.179. The summed E-state index contributed by atoms with van der Waals surface area (Å²) in [5.41, 5.74) is 4.52. The number of nitrogens with one attached hydrogen (secondary N) is 1. The first-order chi connectivity index (χ1) is 16.9. The monoisotopic (exact) mass is 547 g/mol. The zero-order valence-corrected chi connectivity index (χ0v) is 21.4. The lowest BCUT2D eigenvalue weighted by Gasteiger charge is -2.21. The van der Waals surface area contributed by atoms with Crippen LogP contribution in [0.1, 0.15) is 48.1 Å². The molecule has 1 N–H and O–H groups in total. The number of aromatic nitrogens is 1. The van der Waals surface area contributed by atoms with E-state index in [9.17, 15) is 9.59 Å². The number of carbonyl (C=O) groups is 1. The number of hydrogen-bond donors (Lipinski definition) is 1. The molecule has 2 heterocycles. The third-order valence-electron chi connectivity index (χ3n) is 6.32. The van der Waals surface area contributed by atoms with Crippen molar-refractivity contribution in [2.45, 2.75) is 32.2 Å². The molecule has 0 bridgehead atoms. The first kappa shape index (κ1) is 23.5. The average molecular weight is 549 g/mol. The van der Waals surface area contributed by atoms with Gasteiger partial charge >= 0.3 is 0 Å². The lowest BCUT2D eigenvalue weighted by atomic mass is 9.91. The Morgan fingerprint density at radius 1 is 1.11 bits per heavy atom. The van der Waals surface area contributed by atoms with Gasteiger partial charge in [-0.3, -0.25) is 9.59 Å². The third-order valence-corrected chi connectivity index (χ3v) is 7.08. The van der Waals surface area contributed by atoms with Crippen molar-refractivity contribution < 1.29 is 4.79 Å². The fourth-order valence-electron chi connectivity index (χ4n) is 4.62. The van der Waals surface area contributed by atoms with Crippen molar-refractivity contribution in [3.8, 4) is 0 Å². The Balaban J connectivity index is 1.68. The van der Waals surface area contributed by atoms with E-state index < -0.39 is 0 Å². The van der Waals surface area contributed by atoms with Crippen LogP contribution >= 0.6 is 27.5 Å². The van der Waals surface area contributed by atoms with Crippen LogP contribution in [0.25, 0.3) is 10.9 Å². The zero-order valence-electron chi connectivity index (χ0n) is 19.1. The maximum atomic E-state index is 13.5. The predicted octanol–water partition coefficient (Wildman–Crippen LogP) is 6.62. The van der Waals surface area contributed by atoms with Crippen LogP contribution in [0.3, 0.4) is 0 Å². The smallest absolute Gasteiger partial charge is 0.257 e. The minimum absolute atomic E-state index is 0.0854. The number of carbonyl (C=O) groups excluding carboxylic acids is 1. The minimum atomic E-state index is -0.274. The summed E-state index contributed by atoms with van der Waals surface area (Å²) >= 11 is 9.84. The Labute approximate surface area is 216 Å². The number of benzene rings is 3. The third kappa shape index (κ3) is 4.68. The van der Waals surface area contributed by atoms with Crippen molar-refractivity contribution in [2.24, 2.45) is 5.10 Å². The van der Waals surface area contributed by atoms with Crippen molar-refractivity contribution in [1.29, 1.82) is 0 Å². The molecule has 1 atom stereocenters. The van der Waals surface area contributed by atoms with E-state index in [1.165, 1.54) is 5.01 Å². The summed E-state index contributed by atoms with van der Waals surface area (Å²) in [5.74, 6) is -0.0854. The Morgan fingerprint density at radius 3 is 2.57 bits per heavy atom. The van der Waals surface area contributed by atoms with E-state index in [2.05, 4.69) is 20.9 Å². The van der Waals surface area contributed by atoms with E-state index in [-0.39, 0.29) is 17.5 Å². The number of hydrazone groups is 1. The molecular weight excluding hydrogens is 526 g/mol. The summed E-state index contributed by atoms with van der Waals surface area (Å²) < 4.78 is 0.960. The fourth-order valence-corrected chi connectivity index (χ4v) is 5.05. The van der Waals surface area contributed by atoms with Crippen LogP contribution in [0.5, 0.6) is 0 Å². The van der Waals surface area contributed by atoms with Crippen molar-refractivity contribution in [3.05, 3.63) is 115 Å².